The normalized spacial score (nSPS) is 10.7. The van der Waals surface area contributed by atoms with Gasteiger partial charge in [-0.25, -0.2) is 0 Å². The maximum atomic E-state index is 9.30. The zero-order valence-electron chi connectivity index (χ0n) is 15.2. The van der Waals surface area contributed by atoms with E-state index < -0.39 is 0 Å². The summed E-state index contributed by atoms with van der Waals surface area (Å²) < 4.78 is 5.30. The molecule has 0 aliphatic carbocycles. The van der Waals surface area contributed by atoms with Gasteiger partial charge in [0.2, 0.25) is 0 Å². The summed E-state index contributed by atoms with van der Waals surface area (Å²) in [4.78, 5) is 0. The summed E-state index contributed by atoms with van der Waals surface area (Å²) in [5.74, 6) is 0. The highest BCUT2D eigenvalue weighted by Gasteiger charge is 2.13. The van der Waals surface area contributed by atoms with Crippen LogP contribution in [0, 0.1) is 11.3 Å². The second kappa shape index (κ2) is 8.46. The van der Waals surface area contributed by atoms with Gasteiger partial charge < -0.3 is 4.74 Å². The lowest BCUT2D eigenvalue weighted by atomic mass is 9.96. The molecule has 1 N–H and O–H groups in total. The predicted molar refractivity (Wildman–Crippen MR) is 103 cm³/mol. The van der Waals surface area contributed by atoms with Crippen LogP contribution in [0.3, 0.4) is 0 Å². The minimum absolute atomic E-state index is 0.541. The Hall–Kier alpha value is -2.90. The summed E-state index contributed by atoms with van der Waals surface area (Å²) in [7, 11) is 1.70. The fraction of sp³-hybridized carbons (Fsp3) is 0.273. The van der Waals surface area contributed by atoms with Crippen molar-refractivity contribution in [1.29, 1.82) is 5.26 Å². The fourth-order valence-corrected chi connectivity index (χ4v) is 3.20. The molecule has 0 atom stereocenters. The average Bonchev–Trinajstić information content (AvgIpc) is 3.04. The van der Waals surface area contributed by atoms with Gasteiger partial charge in [0.15, 0.2) is 0 Å². The molecule has 1 heterocycles. The molecule has 0 aliphatic rings. The first kappa shape index (κ1) is 17.9. The van der Waals surface area contributed by atoms with Gasteiger partial charge in [0, 0.05) is 19.1 Å². The second-order valence-electron chi connectivity index (χ2n) is 6.34. The fourth-order valence-electron chi connectivity index (χ4n) is 3.20. The number of nitrogens with one attached hydrogen (secondary N) is 1. The van der Waals surface area contributed by atoms with Crippen LogP contribution in [0.25, 0.3) is 11.1 Å². The summed E-state index contributed by atoms with van der Waals surface area (Å²) in [5.41, 5.74) is 7.36. The van der Waals surface area contributed by atoms with Gasteiger partial charge in [0.25, 0.3) is 0 Å². The number of ether oxygens (including phenoxy) is 1. The van der Waals surface area contributed by atoms with E-state index in [9.17, 15) is 5.26 Å². The Kier molecular flexibility index (Phi) is 5.83. The molecule has 2 aromatic carbocycles. The molecule has 0 aliphatic heterocycles. The molecule has 0 bridgehead atoms. The summed E-state index contributed by atoms with van der Waals surface area (Å²) in [6.07, 6.45) is 2.85. The quantitative estimate of drug-likeness (QED) is 0.678. The number of aryl methyl sites for hydroxylation is 1. The standard InChI is InChI=1S/C22H23N3O/c1-3-6-21-20(22(15-26-2)25-24-21)13-16-9-11-17(12-10-16)19-8-5-4-7-18(19)14-23/h4-5,7-12H,3,6,13,15H2,1-2H3,(H,24,25). The number of hydrogen-bond acceptors (Lipinski definition) is 3. The third kappa shape index (κ3) is 3.84. The van der Waals surface area contributed by atoms with Crippen LogP contribution in [0.4, 0.5) is 0 Å². The molecule has 1 aromatic heterocycles. The van der Waals surface area contributed by atoms with Crippen molar-refractivity contribution in [2.24, 2.45) is 0 Å². The van der Waals surface area contributed by atoms with E-state index in [0.29, 0.717) is 12.2 Å². The molecule has 0 saturated heterocycles. The molecule has 0 saturated carbocycles. The molecule has 0 unspecified atom stereocenters. The third-order valence-electron chi connectivity index (χ3n) is 4.51. The van der Waals surface area contributed by atoms with E-state index >= 15 is 0 Å². The number of nitrogens with zero attached hydrogens (tertiary/aromatic N) is 2. The summed E-state index contributed by atoms with van der Waals surface area (Å²) >= 11 is 0. The Bertz CT molecular complexity index is 880. The van der Waals surface area contributed by atoms with Crippen LogP contribution < -0.4 is 0 Å². The Morgan fingerprint density at radius 3 is 2.58 bits per heavy atom. The first-order valence-corrected chi connectivity index (χ1v) is 8.89. The highest BCUT2D eigenvalue weighted by atomic mass is 16.5. The number of H-pyrrole nitrogens is 1. The molecular formula is C22H23N3O. The molecule has 0 spiro atoms. The van der Waals surface area contributed by atoms with E-state index in [4.69, 9.17) is 4.74 Å². The maximum Gasteiger partial charge on any atom is 0.0998 e. The Morgan fingerprint density at radius 2 is 1.88 bits per heavy atom. The lowest BCUT2D eigenvalue weighted by Crippen LogP contribution is -1.99. The van der Waals surface area contributed by atoms with E-state index in [2.05, 4.69) is 47.5 Å². The van der Waals surface area contributed by atoms with E-state index in [1.165, 1.54) is 11.1 Å². The van der Waals surface area contributed by atoms with Crippen molar-refractivity contribution in [3.63, 3.8) is 0 Å². The zero-order chi connectivity index (χ0) is 18.4. The first-order chi connectivity index (χ1) is 12.8. The summed E-state index contributed by atoms with van der Waals surface area (Å²) in [6, 6.07) is 18.4. The van der Waals surface area contributed by atoms with Gasteiger partial charge in [-0.1, -0.05) is 55.8 Å². The van der Waals surface area contributed by atoms with Gasteiger partial charge in [-0.05, 0) is 29.2 Å². The largest absolute Gasteiger partial charge is 0.378 e. The van der Waals surface area contributed by atoms with Crippen LogP contribution in [0.1, 0.15) is 41.4 Å². The van der Waals surface area contributed by atoms with E-state index in [-0.39, 0.29) is 0 Å². The average molecular weight is 345 g/mol. The number of benzene rings is 2. The molecule has 4 heteroatoms. The summed E-state index contributed by atoms with van der Waals surface area (Å²) in [6.45, 7) is 2.70. The number of aromatic nitrogens is 2. The zero-order valence-corrected chi connectivity index (χ0v) is 15.2. The first-order valence-electron chi connectivity index (χ1n) is 8.89. The molecule has 0 fully saturated rings. The molecule has 0 amide bonds. The Balaban J connectivity index is 1.86. The second-order valence-corrected chi connectivity index (χ2v) is 6.34. The highest BCUT2D eigenvalue weighted by Crippen LogP contribution is 2.25. The molecular weight excluding hydrogens is 322 g/mol. The SMILES string of the molecule is CCCc1n[nH]c(COC)c1Cc1ccc(-c2ccccc2C#N)cc1. The van der Waals surface area contributed by atoms with Gasteiger partial charge in [0.05, 0.1) is 29.6 Å². The van der Waals surface area contributed by atoms with Crippen molar-refractivity contribution in [3.05, 3.63) is 76.6 Å². The molecule has 3 rings (SSSR count). The Labute approximate surface area is 154 Å². The monoisotopic (exact) mass is 345 g/mol. The predicted octanol–water partition coefficient (Wildman–Crippen LogP) is 4.64. The van der Waals surface area contributed by atoms with Crippen LogP contribution in [-0.4, -0.2) is 17.3 Å². The minimum Gasteiger partial charge on any atom is -0.378 e. The van der Waals surface area contributed by atoms with Gasteiger partial charge in [0.1, 0.15) is 0 Å². The number of nitriles is 1. The molecule has 3 aromatic rings. The maximum absolute atomic E-state index is 9.30. The van der Waals surface area contributed by atoms with E-state index in [1.54, 1.807) is 7.11 Å². The number of aromatic amines is 1. The topological polar surface area (TPSA) is 61.7 Å². The molecule has 0 radical (unpaired) electrons. The number of rotatable bonds is 7. The van der Waals surface area contributed by atoms with Crippen LogP contribution in [0.2, 0.25) is 0 Å². The van der Waals surface area contributed by atoms with Crippen LogP contribution in [0.5, 0.6) is 0 Å². The smallest absolute Gasteiger partial charge is 0.0998 e. The lowest BCUT2D eigenvalue weighted by molar-refractivity contribution is 0.181. The number of methoxy groups -OCH3 is 1. The molecule has 4 nitrogen and oxygen atoms in total. The van der Waals surface area contributed by atoms with E-state index in [1.807, 2.05) is 24.3 Å². The van der Waals surface area contributed by atoms with Gasteiger partial charge in [-0.3, -0.25) is 5.10 Å². The Morgan fingerprint density at radius 1 is 1.12 bits per heavy atom. The van der Waals surface area contributed by atoms with Crippen LogP contribution in [-0.2, 0) is 24.2 Å². The van der Waals surface area contributed by atoms with Crippen molar-refractivity contribution in [1.82, 2.24) is 10.2 Å². The highest BCUT2D eigenvalue weighted by molar-refractivity contribution is 5.70. The van der Waals surface area contributed by atoms with Crippen molar-refractivity contribution >= 4 is 0 Å². The van der Waals surface area contributed by atoms with Crippen molar-refractivity contribution < 1.29 is 4.74 Å². The van der Waals surface area contributed by atoms with Gasteiger partial charge >= 0.3 is 0 Å². The van der Waals surface area contributed by atoms with E-state index in [0.717, 1.165) is 41.8 Å². The van der Waals surface area contributed by atoms with Gasteiger partial charge in [-0.15, -0.1) is 0 Å². The third-order valence-corrected chi connectivity index (χ3v) is 4.51. The lowest BCUT2D eigenvalue weighted by Gasteiger charge is -2.08. The molecule has 26 heavy (non-hydrogen) atoms. The number of hydrogen-bond donors (Lipinski definition) is 1. The minimum atomic E-state index is 0.541. The van der Waals surface area contributed by atoms with Crippen molar-refractivity contribution in [3.8, 4) is 17.2 Å². The van der Waals surface area contributed by atoms with Gasteiger partial charge in [-0.2, -0.15) is 10.4 Å². The molecule has 132 valence electrons. The van der Waals surface area contributed by atoms with Crippen LogP contribution >= 0.6 is 0 Å². The summed E-state index contributed by atoms with van der Waals surface area (Å²) in [5, 5.41) is 16.9. The van der Waals surface area contributed by atoms with Crippen molar-refractivity contribution in [2.45, 2.75) is 32.8 Å². The van der Waals surface area contributed by atoms with Crippen molar-refractivity contribution in [2.75, 3.05) is 7.11 Å². The van der Waals surface area contributed by atoms with Crippen LogP contribution in [0.15, 0.2) is 48.5 Å².